The van der Waals surface area contributed by atoms with Gasteiger partial charge in [-0.1, -0.05) is 18.2 Å². The molecule has 0 atom stereocenters. The molecule has 0 bridgehead atoms. The Morgan fingerprint density at radius 1 is 0.973 bits per heavy atom. The van der Waals surface area contributed by atoms with Crippen molar-refractivity contribution in [3.63, 3.8) is 0 Å². The molecule has 0 radical (unpaired) electrons. The Hall–Kier alpha value is -3.99. The molecule has 4 rings (SSSR count). The van der Waals surface area contributed by atoms with E-state index >= 15 is 0 Å². The van der Waals surface area contributed by atoms with Crippen molar-refractivity contribution in [3.05, 3.63) is 82.8 Å². The van der Waals surface area contributed by atoms with E-state index in [1.165, 1.54) is 12.3 Å². The van der Waals surface area contributed by atoms with Crippen molar-refractivity contribution in [2.75, 3.05) is 23.8 Å². The van der Waals surface area contributed by atoms with E-state index in [0.717, 1.165) is 5.56 Å². The molecule has 0 aliphatic carbocycles. The normalized spacial score (nSPS) is 14.2. The van der Waals surface area contributed by atoms with E-state index in [9.17, 15) is 27.2 Å². The summed E-state index contributed by atoms with van der Waals surface area (Å²) in [5.41, 5.74) is -0.138. The molecule has 11 heteroatoms. The molecule has 1 saturated heterocycles. The maximum Gasteiger partial charge on any atom is 0.416 e. The zero-order valence-corrected chi connectivity index (χ0v) is 19.8. The van der Waals surface area contributed by atoms with Crippen LogP contribution in [0.1, 0.15) is 44.7 Å². The van der Waals surface area contributed by atoms with Crippen LogP contribution in [0.3, 0.4) is 0 Å². The highest BCUT2D eigenvalue weighted by Gasteiger charge is 2.32. The Labute approximate surface area is 210 Å². The minimum absolute atomic E-state index is 0.0331. The largest absolute Gasteiger partial charge is 0.416 e. The lowest BCUT2D eigenvalue weighted by Crippen LogP contribution is -2.39. The number of carbonyl (C=O) groups excluding carboxylic acids is 2. The fourth-order valence-electron chi connectivity index (χ4n) is 3.81. The van der Waals surface area contributed by atoms with Crippen LogP contribution in [0.2, 0.25) is 0 Å². The van der Waals surface area contributed by atoms with Crippen LogP contribution < -0.4 is 16.0 Å². The molecule has 194 valence electrons. The summed E-state index contributed by atoms with van der Waals surface area (Å²) in [5, 5.41) is 8.43. The van der Waals surface area contributed by atoms with E-state index in [0.29, 0.717) is 49.9 Å². The van der Waals surface area contributed by atoms with Crippen LogP contribution in [0.15, 0.2) is 54.7 Å². The number of halogens is 4. The maximum atomic E-state index is 13.9. The standard InChI is InChI=1S/C26H24F4N4O3/c1-15-4-2-3-5-21(15)33-23-22(12-17(14-31-23)25(36)32-20-6-8-37-9-7-20)34-24(35)16-10-18(26(28,29)30)13-19(27)11-16/h2-5,10-14,20H,6-9H2,1H3,(H,31,33)(H,32,36)(H,34,35). The number of aromatic nitrogens is 1. The first kappa shape index (κ1) is 26.1. The highest BCUT2D eigenvalue weighted by Crippen LogP contribution is 2.31. The molecule has 2 aromatic carbocycles. The summed E-state index contributed by atoms with van der Waals surface area (Å²) in [5.74, 6) is -2.48. The smallest absolute Gasteiger partial charge is 0.381 e. The molecular formula is C26H24F4N4O3. The number of hydrogen-bond acceptors (Lipinski definition) is 5. The van der Waals surface area contributed by atoms with Crippen molar-refractivity contribution in [2.24, 2.45) is 0 Å². The first-order valence-electron chi connectivity index (χ1n) is 11.5. The number of alkyl halides is 3. The van der Waals surface area contributed by atoms with E-state index in [4.69, 9.17) is 4.74 Å². The Morgan fingerprint density at radius 2 is 1.70 bits per heavy atom. The molecular weight excluding hydrogens is 492 g/mol. The van der Waals surface area contributed by atoms with Crippen LogP contribution in [0.5, 0.6) is 0 Å². The summed E-state index contributed by atoms with van der Waals surface area (Å²) in [6.45, 7) is 2.90. The van der Waals surface area contributed by atoms with E-state index in [2.05, 4.69) is 20.9 Å². The first-order valence-corrected chi connectivity index (χ1v) is 11.5. The minimum Gasteiger partial charge on any atom is -0.381 e. The number of benzene rings is 2. The third kappa shape index (κ3) is 6.62. The highest BCUT2D eigenvalue weighted by molar-refractivity contribution is 6.07. The van der Waals surface area contributed by atoms with Crippen molar-refractivity contribution in [2.45, 2.75) is 32.0 Å². The number of aryl methyl sites for hydroxylation is 1. The molecule has 2 heterocycles. The Morgan fingerprint density at radius 3 is 2.41 bits per heavy atom. The van der Waals surface area contributed by atoms with Gasteiger partial charge in [-0.15, -0.1) is 0 Å². The van der Waals surface area contributed by atoms with Gasteiger partial charge in [-0.3, -0.25) is 9.59 Å². The van der Waals surface area contributed by atoms with Gasteiger partial charge in [-0.25, -0.2) is 9.37 Å². The fourth-order valence-corrected chi connectivity index (χ4v) is 3.81. The van der Waals surface area contributed by atoms with Crippen molar-refractivity contribution >= 4 is 29.0 Å². The van der Waals surface area contributed by atoms with Crippen LogP contribution >= 0.6 is 0 Å². The number of para-hydroxylation sites is 1. The first-order chi connectivity index (χ1) is 17.6. The van der Waals surface area contributed by atoms with E-state index < -0.39 is 34.9 Å². The van der Waals surface area contributed by atoms with Crippen LogP contribution in [-0.4, -0.2) is 36.1 Å². The van der Waals surface area contributed by atoms with E-state index in [-0.39, 0.29) is 23.1 Å². The van der Waals surface area contributed by atoms with Gasteiger partial charge in [-0.2, -0.15) is 13.2 Å². The highest BCUT2D eigenvalue weighted by atomic mass is 19.4. The molecule has 37 heavy (non-hydrogen) atoms. The van der Waals surface area contributed by atoms with Gasteiger partial charge in [0.2, 0.25) is 0 Å². The third-order valence-corrected chi connectivity index (χ3v) is 5.84. The summed E-state index contributed by atoms with van der Waals surface area (Å²) in [4.78, 5) is 30.0. The summed E-state index contributed by atoms with van der Waals surface area (Å²) < 4.78 is 58.6. The summed E-state index contributed by atoms with van der Waals surface area (Å²) in [6.07, 6.45) is -2.21. The number of ether oxygens (including phenoxy) is 1. The molecule has 3 N–H and O–H groups in total. The van der Waals surface area contributed by atoms with Crippen molar-refractivity contribution in [3.8, 4) is 0 Å². The summed E-state index contributed by atoms with van der Waals surface area (Å²) in [7, 11) is 0. The zero-order valence-electron chi connectivity index (χ0n) is 19.8. The molecule has 1 aliphatic heterocycles. The molecule has 1 aliphatic rings. The molecule has 1 fully saturated rings. The van der Waals surface area contributed by atoms with Crippen molar-refractivity contribution in [1.29, 1.82) is 0 Å². The number of carbonyl (C=O) groups is 2. The summed E-state index contributed by atoms with van der Waals surface area (Å²) in [6, 6.07) is 10.1. The van der Waals surface area contributed by atoms with Gasteiger partial charge >= 0.3 is 6.18 Å². The molecule has 0 saturated carbocycles. The van der Waals surface area contributed by atoms with Crippen molar-refractivity contribution in [1.82, 2.24) is 10.3 Å². The quantitative estimate of drug-likeness (QED) is 0.379. The van der Waals surface area contributed by atoms with Gasteiger partial charge in [0.15, 0.2) is 5.82 Å². The molecule has 2 amide bonds. The number of pyridine rings is 1. The van der Waals surface area contributed by atoms with E-state index in [1.807, 2.05) is 19.1 Å². The van der Waals surface area contributed by atoms with Crippen LogP contribution in [0.25, 0.3) is 0 Å². The van der Waals surface area contributed by atoms with Crippen LogP contribution in [-0.2, 0) is 10.9 Å². The molecule has 0 spiro atoms. The number of amides is 2. The average molecular weight is 516 g/mol. The number of anilines is 3. The van der Waals surface area contributed by atoms with Gasteiger partial charge in [0.05, 0.1) is 16.8 Å². The number of nitrogens with zero attached hydrogens (tertiary/aromatic N) is 1. The second kappa shape index (κ2) is 11.0. The van der Waals surface area contributed by atoms with Gasteiger partial charge < -0.3 is 20.7 Å². The van der Waals surface area contributed by atoms with Gasteiger partial charge in [-0.05, 0) is 55.7 Å². The topological polar surface area (TPSA) is 92.3 Å². The average Bonchev–Trinajstić information content (AvgIpc) is 2.86. The second-order valence-corrected chi connectivity index (χ2v) is 8.60. The summed E-state index contributed by atoms with van der Waals surface area (Å²) >= 11 is 0. The maximum absolute atomic E-state index is 13.9. The molecule has 0 unspecified atom stereocenters. The Balaban J connectivity index is 1.65. The van der Waals surface area contributed by atoms with Gasteiger partial charge in [0.1, 0.15) is 5.82 Å². The predicted octanol–water partition coefficient (Wildman–Crippen LogP) is 5.45. The second-order valence-electron chi connectivity index (χ2n) is 8.60. The predicted molar refractivity (Wildman–Crippen MR) is 129 cm³/mol. The fraction of sp³-hybridized carbons (Fsp3) is 0.269. The van der Waals surface area contributed by atoms with Crippen molar-refractivity contribution < 1.29 is 31.9 Å². The Bertz CT molecular complexity index is 1310. The number of nitrogens with one attached hydrogen (secondary N) is 3. The zero-order chi connectivity index (χ0) is 26.6. The van der Waals surface area contributed by atoms with E-state index in [1.54, 1.807) is 12.1 Å². The molecule has 3 aromatic rings. The number of hydrogen-bond donors (Lipinski definition) is 3. The molecule has 7 nitrogen and oxygen atoms in total. The number of rotatable bonds is 6. The monoisotopic (exact) mass is 516 g/mol. The minimum atomic E-state index is -4.83. The molecule has 1 aromatic heterocycles. The lowest BCUT2D eigenvalue weighted by Gasteiger charge is -2.23. The Kier molecular flexibility index (Phi) is 7.72. The van der Waals surface area contributed by atoms with Crippen LogP contribution in [0, 0.1) is 12.7 Å². The third-order valence-electron chi connectivity index (χ3n) is 5.84. The van der Waals surface area contributed by atoms with Gasteiger partial charge in [0.25, 0.3) is 11.8 Å². The lowest BCUT2D eigenvalue weighted by molar-refractivity contribution is -0.137. The lowest BCUT2D eigenvalue weighted by atomic mass is 10.1. The SMILES string of the molecule is Cc1ccccc1Nc1ncc(C(=O)NC2CCOCC2)cc1NC(=O)c1cc(F)cc(C(F)(F)F)c1. The van der Waals surface area contributed by atoms with Crippen LogP contribution in [0.4, 0.5) is 34.8 Å². The van der Waals surface area contributed by atoms with Gasteiger partial charge in [0, 0.05) is 36.7 Å².